The number of carbonyl (C=O) groups excluding carboxylic acids is 1. The zero-order valence-corrected chi connectivity index (χ0v) is 14.2. The van der Waals surface area contributed by atoms with E-state index >= 15 is 0 Å². The van der Waals surface area contributed by atoms with Crippen molar-refractivity contribution in [3.05, 3.63) is 59.3 Å². The molecule has 1 aliphatic rings. The second-order valence-electron chi connectivity index (χ2n) is 4.50. The Balaban J connectivity index is 1.93. The molecule has 1 saturated heterocycles. The van der Waals surface area contributed by atoms with Crippen LogP contribution in [0.2, 0.25) is 0 Å². The molecule has 3 nitrogen and oxygen atoms in total. The summed E-state index contributed by atoms with van der Waals surface area (Å²) in [7, 11) is 0. The monoisotopic (exact) mass is 344 g/mol. The first kappa shape index (κ1) is 15.3. The molecule has 110 valence electrons. The van der Waals surface area contributed by atoms with Gasteiger partial charge in [-0.25, -0.2) is 0 Å². The third-order valence-corrected chi connectivity index (χ3v) is 5.11. The molecule has 0 saturated carbocycles. The minimum Gasteiger partial charge on any atom is -0.268 e. The molecule has 1 aromatic carbocycles. The molecule has 6 heteroatoms. The first-order valence-corrected chi connectivity index (χ1v) is 8.96. The van der Waals surface area contributed by atoms with Gasteiger partial charge < -0.3 is 0 Å². The average Bonchev–Trinajstić information content (AvgIpc) is 2.82. The Morgan fingerprint density at radius 3 is 2.91 bits per heavy atom. The molecule has 0 unspecified atom stereocenters. The molecule has 3 rings (SSSR count). The van der Waals surface area contributed by atoms with Gasteiger partial charge in [0.15, 0.2) is 4.32 Å². The van der Waals surface area contributed by atoms with Crippen molar-refractivity contribution < 1.29 is 4.79 Å². The van der Waals surface area contributed by atoms with Crippen LogP contribution in [0.4, 0.5) is 5.69 Å². The Labute approximate surface area is 142 Å². The highest BCUT2D eigenvalue weighted by molar-refractivity contribution is 8.27. The quantitative estimate of drug-likeness (QED) is 0.473. The lowest BCUT2D eigenvalue weighted by molar-refractivity contribution is -0.113. The van der Waals surface area contributed by atoms with Crippen molar-refractivity contribution >= 4 is 57.7 Å². The number of rotatable bonds is 3. The van der Waals surface area contributed by atoms with Crippen molar-refractivity contribution in [1.29, 1.82) is 0 Å². The fourth-order valence-corrected chi connectivity index (χ4v) is 3.80. The molecule has 22 heavy (non-hydrogen) atoms. The topological polar surface area (TPSA) is 33.2 Å². The summed E-state index contributed by atoms with van der Waals surface area (Å²) in [6.45, 7) is 0. The fourth-order valence-electron chi connectivity index (χ4n) is 2.05. The van der Waals surface area contributed by atoms with Crippen molar-refractivity contribution in [2.45, 2.75) is 4.90 Å². The van der Waals surface area contributed by atoms with Crippen LogP contribution in [0.1, 0.15) is 5.56 Å². The number of pyridine rings is 1. The SMILES string of the molecule is CSc1cccc(N2C(=O)/C(=C\c3cccnc3)SC2=S)c1. The molecule has 1 aromatic heterocycles. The molecular formula is C16H12N2OS3. The lowest BCUT2D eigenvalue weighted by Gasteiger charge is -2.15. The van der Waals surface area contributed by atoms with Crippen LogP contribution in [0.25, 0.3) is 6.08 Å². The zero-order valence-electron chi connectivity index (χ0n) is 11.7. The van der Waals surface area contributed by atoms with E-state index in [0.717, 1.165) is 16.1 Å². The third kappa shape index (κ3) is 3.09. The van der Waals surface area contributed by atoms with Crippen LogP contribution in [0, 0.1) is 0 Å². The van der Waals surface area contributed by atoms with E-state index in [-0.39, 0.29) is 5.91 Å². The maximum absolute atomic E-state index is 12.6. The molecule has 0 atom stereocenters. The molecule has 1 amide bonds. The van der Waals surface area contributed by atoms with Crippen LogP contribution in [0.15, 0.2) is 58.6 Å². The van der Waals surface area contributed by atoms with E-state index in [9.17, 15) is 4.79 Å². The van der Waals surface area contributed by atoms with Gasteiger partial charge in [-0.3, -0.25) is 14.7 Å². The van der Waals surface area contributed by atoms with E-state index in [1.165, 1.54) is 11.8 Å². The maximum Gasteiger partial charge on any atom is 0.270 e. The van der Waals surface area contributed by atoms with Crippen LogP contribution in [0.3, 0.4) is 0 Å². The number of thiocarbonyl (C=S) groups is 1. The van der Waals surface area contributed by atoms with Gasteiger partial charge in [-0.2, -0.15) is 0 Å². The molecule has 1 fully saturated rings. The van der Waals surface area contributed by atoms with E-state index < -0.39 is 0 Å². The summed E-state index contributed by atoms with van der Waals surface area (Å²) in [5, 5.41) is 0. The average molecular weight is 344 g/mol. The first-order chi connectivity index (χ1) is 10.7. The van der Waals surface area contributed by atoms with E-state index in [0.29, 0.717) is 9.23 Å². The fraction of sp³-hybridized carbons (Fsp3) is 0.0625. The Morgan fingerprint density at radius 2 is 2.18 bits per heavy atom. The molecule has 2 aromatic rings. The van der Waals surface area contributed by atoms with Gasteiger partial charge in [-0.05, 0) is 42.2 Å². The summed E-state index contributed by atoms with van der Waals surface area (Å²) >= 11 is 8.33. The van der Waals surface area contributed by atoms with Crippen LogP contribution < -0.4 is 4.90 Å². The van der Waals surface area contributed by atoms with Crippen LogP contribution in [0.5, 0.6) is 0 Å². The number of hydrogen-bond acceptors (Lipinski definition) is 5. The standard InChI is InChI=1S/C16H12N2OS3/c1-21-13-6-2-5-12(9-13)18-15(19)14(22-16(18)20)8-11-4-3-7-17-10-11/h2-10H,1H3/b14-8+. The second-order valence-corrected chi connectivity index (χ2v) is 7.06. The molecule has 2 heterocycles. The van der Waals surface area contributed by atoms with Crippen LogP contribution in [-0.4, -0.2) is 21.5 Å². The normalized spacial score (nSPS) is 16.6. The third-order valence-electron chi connectivity index (χ3n) is 3.09. The molecule has 0 aliphatic carbocycles. The predicted octanol–water partition coefficient (Wildman–Crippen LogP) is 4.21. The molecule has 1 aliphatic heterocycles. The minimum absolute atomic E-state index is 0.0860. The van der Waals surface area contributed by atoms with Crippen molar-refractivity contribution in [1.82, 2.24) is 4.98 Å². The second kappa shape index (κ2) is 6.64. The number of benzene rings is 1. The van der Waals surface area contributed by atoms with Gasteiger partial charge in [0.05, 0.1) is 10.6 Å². The largest absolute Gasteiger partial charge is 0.270 e. The number of anilines is 1. The predicted molar refractivity (Wildman–Crippen MR) is 98.1 cm³/mol. The van der Waals surface area contributed by atoms with E-state index in [2.05, 4.69) is 4.98 Å². The summed E-state index contributed by atoms with van der Waals surface area (Å²) in [4.78, 5) is 20.0. The number of nitrogens with zero attached hydrogens (tertiary/aromatic N) is 2. The molecule has 0 bridgehead atoms. The Morgan fingerprint density at radius 1 is 1.32 bits per heavy atom. The summed E-state index contributed by atoms with van der Waals surface area (Å²) in [5.74, 6) is -0.0860. The van der Waals surface area contributed by atoms with Crippen LogP contribution in [-0.2, 0) is 4.79 Å². The molecule has 0 spiro atoms. The van der Waals surface area contributed by atoms with Gasteiger partial charge in [0.2, 0.25) is 0 Å². The Hall–Kier alpha value is -1.63. The van der Waals surface area contributed by atoms with E-state index in [1.54, 1.807) is 29.1 Å². The van der Waals surface area contributed by atoms with Crippen molar-refractivity contribution in [3.63, 3.8) is 0 Å². The van der Waals surface area contributed by atoms with Gasteiger partial charge in [-0.1, -0.05) is 36.1 Å². The number of hydrogen-bond donors (Lipinski definition) is 0. The Bertz CT molecular complexity index is 759. The van der Waals surface area contributed by atoms with Gasteiger partial charge in [0.25, 0.3) is 5.91 Å². The van der Waals surface area contributed by atoms with Crippen molar-refractivity contribution in [2.75, 3.05) is 11.2 Å². The van der Waals surface area contributed by atoms with Gasteiger partial charge in [-0.15, -0.1) is 11.8 Å². The van der Waals surface area contributed by atoms with E-state index in [1.807, 2.05) is 48.7 Å². The van der Waals surface area contributed by atoms with Gasteiger partial charge in [0, 0.05) is 17.3 Å². The first-order valence-electron chi connectivity index (χ1n) is 6.51. The molecule has 0 N–H and O–H groups in total. The highest BCUT2D eigenvalue weighted by Gasteiger charge is 2.33. The summed E-state index contributed by atoms with van der Waals surface area (Å²) in [5.41, 5.74) is 1.70. The lowest BCUT2D eigenvalue weighted by Crippen LogP contribution is -2.27. The Kier molecular flexibility index (Phi) is 4.61. The summed E-state index contributed by atoms with van der Waals surface area (Å²) < 4.78 is 0.554. The van der Waals surface area contributed by atoms with E-state index in [4.69, 9.17) is 12.2 Å². The highest BCUT2D eigenvalue weighted by Crippen LogP contribution is 2.36. The minimum atomic E-state index is -0.0860. The van der Waals surface area contributed by atoms with Crippen LogP contribution >= 0.6 is 35.7 Å². The van der Waals surface area contributed by atoms with Gasteiger partial charge in [0.1, 0.15) is 0 Å². The molecular weight excluding hydrogens is 332 g/mol. The smallest absolute Gasteiger partial charge is 0.268 e. The number of amides is 1. The number of carbonyl (C=O) groups is 1. The number of thioether (sulfide) groups is 2. The maximum atomic E-state index is 12.6. The highest BCUT2D eigenvalue weighted by atomic mass is 32.2. The number of aromatic nitrogens is 1. The van der Waals surface area contributed by atoms with Crippen molar-refractivity contribution in [3.8, 4) is 0 Å². The van der Waals surface area contributed by atoms with Gasteiger partial charge >= 0.3 is 0 Å². The lowest BCUT2D eigenvalue weighted by atomic mass is 10.2. The summed E-state index contributed by atoms with van der Waals surface area (Å²) in [6, 6.07) is 11.6. The zero-order chi connectivity index (χ0) is 15.5. The molecule has 0 radical (unpaired) electrons. The summed E-state index contributed by atoms with van der Waals surface area (Å²) in [6.07, 6.45) is 7.26. The van der Waals surface area contributed by atoms with Crippen molar-refractivity contribution in [2.24, 2.45) is 0 Å².